The van der Waals surface area contributed by atoms with Crippen LogP contribution in [0.5, 0.6) is 0 Å². The Morgan fingerprint density at radius 3 is 2.78 bits per heavy atom. The first-order chi connectivity index (χ1) is 8.52. The van der Waals surface area contributed by atoms with E-state index in [1.807, 2.05) is 32.9 Å². The number of nitrogens with one attached hydrogen (secondary N) is 1. The van der Waals surface area contributed by atoms with Gasteiger partial charge in [0.2, 0.25) is 11.8 Å². The molecule has 1 N–H and O–H groups in total. The molecule has 2 rings (SSSR count). The number of carbonyl (C=O) groups excluding carboxylic acids is 2. The predicted molar refractivity (Wildman–Crippen MR) is 71.4 cm³/mol. The molecule has 1 aromatic rings. The number of nitrogens with zero attached hydrogens (tertiary/aromatic N) is 1. The lowest BCUT2D eigenvalue weighted by Crippen LogP contribution is -2.58. The quantitative estimate of drug-likeness (QED) is 0.907. The number of carbonyl (C=O) groups is 2. The van der Waals surface area contributed by atoms with Crippen molar-refractivity contribution in [2.45, 2.75) is 39.3 Å². The molecule has 1 aliphatic rings. The molecule has 0 saturated carbocycles. The van der Waals surface area contributed by atoms with E-state index >= 15 is 0 Å². The number of aryl methyl sites for hydroxylation is 1. The monoisotopic (exact) mass is 266 g/mol. The van der Waals surface area contributed by atoms with Crippen molar-refractivity contribution in [3.05, 3.63) is 21.9 Å². The topological polar surface area (TPSA) is 49.4 Å². The number of piperazine rings is 1. The molecule has 1 aromatic heterocycles. The highest BCUT2D eigenvalue weighted by atomic mass is 32.1. The van der Waals surface area contributed by atoms with Crippen LogP contribution in [0.15, 0.2) is 12.1 Å². The summed E-state index contributed by atoms with van der Waals surface area (Å²) in [6.07, 6.45) is 0.636. The van der Waals surface area contributed by atoms with Gasteiger partial charge in [-0.15, -0.1) is 11.3 Å². The lowest BCUT2D eigenvalue weighted by atomic mass is 10.1. The minimum atomic E-state index is -0.366. The molecule has 1 aliphatic heterocycles. The normalized spacial score (nSPS) is 21.9. The third-order valence-corrected chi connectivity index (χ3v) is 4.45. The highest BCUT2D eigenvalue weighted by Gasteiger charge is 2.34. The van der Waals surface area contributed by atoms with Crippen molar-refractivity contribution in [1.82, 2.24) is 10.2 Å². The third kappa shape index (κ3) is 2.41. The summed E-state index contributed by atoms with van der Waals surface area (Å²) in [5, 5.41) is 2.73. The average molecular weight is 266 g/mol. The summed E-state index contributed by atoms with van der Waals surface area (Å²) >= 11 is 1.68. The van der Waals surface area contributed by atoms with Crippen molar-refractivity contribution in [1.29, 1.82) is 0 Å². The largest absolute Gasteiger partial charge is 0.343 e. The first kappa shape index (κ1) is 13.1. The maximum atomic E-state index is 12.2. The van der Waals surface area contributed by atoms with Gasteiger partial charge in [0, 0.05) is 9.75 Å². The van der Waals surface area contributed by atoms with Gasteiger partial charge in [-0.25, -0.2) is 0 Å². The smallest absolute Gasteiger partial charge is 0.246 e. The third-order valence-electron chi connectivity index (χ3n) is 3.28. The molecule has 98 valence electrons. The van der Waals surface area contributed by atoms with E-state index in [1.54, 1.807) is 16.2 Å². The van der Waals surface area contributed by atoms with Crippen LogP contribution in [0.3, 0.4) is 0 Å². The molecule has 2 amide bonds. The summed E-state index contributed by atoms with van der Waals surface area (Å²) < 4.78 is 0. The Kier molecular flexibility index (Phi) is 3.71. The number of thiophene rings is 1. The Balaban J connectivity index is 2.20. The van der Waals surface area contributed by atoms with Crippen LogP contribution < -0.4 is 5.32 Å². The van der Waals surface area contributed by atoms with E-state index in [-0.39, 0.29) is 30.4 Å². The van der Waals surface area contributed by atoms with Gasteiger partial charge in [0.15, 0.2) is 0 Å². The second kappa shape index (κ2) is 5.10. The van der Waals surface area contributed by atoms with Gasteiger partial charge in [0.1, 0.15) is 12.6 Å². The molecular weight excluding hydrogens is 248 g/mol. The van der Waals surface area contributed by atoms with Crippen molar-refractivity contribution in [3.63, 3.8) is 0 Å². The molecule has 5 heteroatoms. The van der Waals surface area contributed by atoms with Crippen LogP contribution in [0.2, 0.25) is 0 Å². The Labute approximate surface area is 111 Å². The molecule has 2 heterocycles. The SMILES string of the molecule is CCC1NC(=O)CN(C(C)c2ccc(C)s2)C1=O. The molecule has 18 heavy (non-hydrogen) atoms. The van der Waals surface area contributed by atoms with E-state index in [4.69, 9.17) is 0 Å². The van der Waals surface area contributed by atoms with E-state index < -0.39 is 0 Å². The van der Waals surface area contributed by atoms with Gasteiger partial charge < -0.3 is 10.2 Å². The van der Waals surface area contributed by atoms with Crippen LogP contribution in [0, 0.1) is 6.92 Å². The number of amides is 2. The molecule has 0 spiro atoms. The molecule has 0 aliphatic carbocycles. The maximum absolute atomic E-state index is 12.2. The van der Waals surface area contributed by atoms with E-state index in [9.17, 15) is 9.59 Å². The fourth-order valence-electron chi connectivity index (χ4n) is 2.17. The van der Waals surface area contributed by atoms with Gasteiger partial charge in [-0.1, -0.05) is 6.92 Å². The van der Waals surface area contributed by atoms with Crippen molar-refractivity contribution in [3.8, 4) is 0 Å². The number of hydrogen-bond donors (Lipinski definition) is 1. The van der Waals surface area contributed by atoms with Gasteiger partial charge >= 0.3 is 0 Å². The van der Waals surface area contributed by atoms with Gasteiger partial charge in [-0.05, 0) is 32.4 Å². The van der Waals surface area contributed by atoms with Crippen molar-refractivity contribution in [2.24, 2.45) is 0 Å². The summed E-state index contributed by atoms with van der Waals surface area (Å²) in [6, 6.07) is 3.68. The zero-order valence-electron chi connectivity index (χ0n) is 10.9. The summed E-state index contributed by atoms with van der Waals surface area (Å²) in [7, 11) is 0. The standard InChI is InChI=1S/C13H18N2O2S/c1-4-10-13(17)15(7-12(16)14-10)9(3)11-6-5-8(2)18-11/h5-6,9-10H,4,7H2,1-3H3,(H,14,16). The second-order valence-corrected chi connectivity index (χ2v) is 5.94. The Morgan fingerprint density at radius 1 is 1.50 bits per heavy atom. The molecule has 2 unspecified atom stereocenters. The van der Waals surface area contributed by atoms with Gasteiger partial charge in [-0.2, -0.15) is 0 Å². The number of rotatable bonds is 3. The molecular formula is C13H18N2O2S. The van der Waals surface area contributed by atoms with Crippen molar-refractivity contribution in [2.75, 3.05) is 6.54 Å². The second-order valence-electron chi connectivity index (χ2n) is 4.62. The molecule has 0 aromatic carbocycles. The molecule has 4 nitrogen and oxygen atoms in total. The average Bonchev–Trinajstić information content (AvgIpc) is 2.77. The molecule has 1 fully saturated rings. The summed E-state index contributed by atoms with van der Waals surface area (Å²) in [5.41, 5.74) is 0. The Bertz CT molecular complexity index is 469. The molecule has 1 saturated heterocycles. The predicted octanol–water partition coefficient (Wildman–Crippen LogP) is 1.85. The first-order valence-electron chi connectivity index (χ1n) is 6.19. The fraction of sp³-hybridized carbons (Fsp3) is 0.538. The van der Waals surface area contributed by atoms with Crippen LogP contribution in [0.25, 0.3) is 0 Å². The molecule has 0 radical (unpaired) electrons. The Hall–Kier alpha value is -1.36. The minimum Gasteiger partial charge on any atom is -0.343 e. The van der Waals surface area contributed by atoms with Gasteiger partial charge in [0.25, 0.3) is 0 Å². The van der Waals surface area contributed by atoms with E-state index in [2.05, 4.69) is 5.32 Å². The van der Waals surface area contributed by atoms with Crippen LogP contribution >= 0.6 is 11.3 Å². The lowest BCUT2D eigenvalue weighted by Gasteiger charge is -2.35. The summed E-state index contributed by atoms with van der Waals surface area (Å²) in [5.74, 6) is -0.0442. The highest BCUT2D eigenvalue weighted by Crippen LogP contribution is 2.28. The van der Waals surface area contributed by atoms with Gasteiger partial charge in [0.05, 0.1) is 6.04 Å². The number of hydrogen-bond acceptors (Lipinski definition) is 3. The van der Waals surface area contributed by atoms with Crippen LogP contribution in [0.4, 0.5) is 0 Å². The summed E-state index contributed by atoms with van der Waals surface area (Å²) in [4.78, 5) is 27.9. The highest BCUT2D eigenvalue weighted by molar-refractivity contribution is 7.12. The lowest BCUT2D eigenvalue weighted by molar-refractivity contribution is -0.146. The molecule has 0 bridgehead atoms. The zero-order chi connectivity index (χ0) is 13.3. The van der Waals surface area contributed by atoms with Crippen LogP contribution in [0.1, 0.15) is 36.1 Å². The van der Waals surface area contributed by atoms with Crippen molar-refractivity contribution < 1.29 is 9.59 Å². The van der Waals surface area contributed by atoms with E-state index in [1.165, 1.54) is 4.88 Å². The minimum absolute atomic E-state index is 0.0238. The van der Waals surface area contributed by atoms with Crippen LogP contribution in [-0.2, 0) is 9.59 Å². The zero-order valence-corrected chi connectivity index (χ0v) is 11.7. The summed E-state index contributed by atoms with van der Waals surface area (Å²) in [6.45, 7) is 6.09. The molecule has 2 atom stereocenters. The van der Waals surface area contributed by atoms with Crippen LogP contribution in [-0.4, -0.2) is 29.3 Å². The van der Waals surface area contributed by atoms with Gasteiger partial charge in [-0.3, -0.25) is 9.59 Å². The fourth-order valence-corrected chi connectivity index (χ4v) is 3.11. The van der Waals surface area contributed by atoms with E-state index in [0.29, 0.717) is 6.42 Å². The Morgan fingerprint density at radius 2 is 2.22 bits per heavy atom. The van der Waals surface area contributed by atoms with E-state index in [0.717, 1.165) is 4.88 Å². The van der Waals surface area contributed by atoms with Crippen molar-refractivity contribution >= 4 is 23.2 Å². The maximum Gasteiger partial charge on any atom is 0.246 e. The first-order valence-corrected chi connectivity index (χ1v) is 7.00.